The van der Waals surface area contributed by atoms with Crippen LogP contribution in [0.4, 0.5) is 0 Å². The first-order valence-electron chi connectivity index (χ1n) is 18.4. The molecule has 5 nitrogen and oxygen atoms in total. The summed E-state index contributed by atoms with van der Waals surface area (Å²) in [5, 5.41) is 6.84. The first-order valence-corrected chi connectivity index (χ1v) is 18.4. The van der Waals surface area contributed by atoms with E-state index in [1.165, 1.54) is 21.5 Å². The van der Waals surface area contributed by atoms with Gasteiger partial charge in [-0.3, -0.25) is 0 Å². The van der Waals surface area contributed by atoms with Crippen LogP contribution in [0, 0.1) is 0 Å². The lowest BCUT2D eigenvalue weighted by atomic mass is 9.90. The molecule has 0 fully saturated rings. The highest BCUT2D eigenvalue weighted by Gasteiger charge is 2.17. The maximum atomic E-state index is 6.25. The number of para-hydroxylation sites is 1. The van der Waals surface area contributed by atoms with Gasteiger partial charge < -0.3 is 4.42 Å². The van der Waals surface area contributed by atoms with Gasteiger partial charge in [0.25, 0.3) is 0 Å². The smallest absolute Gasteiger partial charge is 0.164 e. The molecule has 3 heterocycles. The third kappa shape index (κ3) is 5.41. The molecule has 0 saturated carbocycles. The summed E-state index contributed by atoms with van der Waals surface area (Å²) in [5.74, 6) is 1.85. The Morgan fingerprint density at radius 1 is 0.309 bits per heavy atom. The Morgan fingerprint density at radius 2 is 0.891 bits per heavy atom. The van der Waals surface area contributed by atoms with Crippen molar-refractivity contribution in [3.63, 3.8) is 0 Å². The Labute approximate surface area is 316 Å². The van der Waals surface area contributed by atoms with Crippen molar-refractivity contribution in [3.05, 3.63) is 182 Å². The Bertz CT molecular complexity index is 3210. The SMILES string of the molecule is c1ccc(-c2nc(-c3ccccc3)nc(-c3cc(-c4ccc5nc6c(cc5c4)oc4ccccc46)cc(-c4cc5ccccc5c5ccccc45)c3)n2)cc1. The molecule has 256 valence electrons. The first kappa shape index (κ1) is 31.1. The summed E-state index contributed by atoms with van der Waals surface area (Å²) in [6, 6.07) is 63.1. The molecule has 5 heteroatoms. The minimum Gasteiger partial charge on any atom is -0.454 e. The maximum Gasteiger partial charge on any atom is 0.164 e. The van der Waals surface area contributed by atoms with E-state index in [0.29, 0.717) is 17.5 Å². The summed E-state index contributed by atoms with van der Waals surface area (Å²) in [4.78, 5) is 20.3. The topological polar surface area (TPSA) is 64.7 Å². The molecule has 11 rings (SSSR count). The van der Waals surface area contributed by atoms with E-state index in [1.807, 2.05) is 78.9 Å². The normalized spacial score (nSPS) is 11.6. The maximum absolute atomic E-state index is 6.25. The zero-order valence-corrected chi connectivity index (χ0v) is 29.5. The molecular formula is C50H30N4O. The van der Waals surface area contributed by atoms with E-state index in [2.05, 4.69) is 103 Å². The van der Waals surface area contributed by atoms with Crippen molar-refractivity contribution in [3.8, 4) is 56.4 Å². The lowest BCUT2D eigenvalue weighted by Crippen LogP contribution is -2.00. The molecule has 8 aromatic carbocycles. The first-order chi connectivity index (χ1) is 27.2. The van der Waals surface area contributed by atoms with Crippen molar-refractivity contribution in [1.82, 2.24) is 19.9 Å². The van der Waals surface area contributed by atoms with Crippen LogP contribution in [-0.2, 0) is 0 Å². The molecule has 0 atom stereocenters. The summed E-state index contributed by atoms with van der Waals surface area (Å²) < 4.78 is 6.25. The number of fused-ring (bicyclic) bond motifs is 7. The van der Waals surface area contributed by atoms with Crippen molar-refractivity contribution < 1.29 is 4.42 Å². The van der Waals surface area contributed by atoms with Gasteiger partial charge in [0.05, 0.1) is 5.52 Å². The molecule has 0 amide bonds. The molecule has 0 spiro atoms. The molecule has 0 bridgehead atoms. The molecule has 3 aromatic heterocycles. The number of hydrogen-bond donors (Lipinski definition) is 0. The fourth-order valence-electron chi connectivity index (χ4n) is 7.79. The summed E-state index contributed by atoms with van der Waals surface area (Å²) in [6.45, 7) is 0. The van der Waals surface area contributed by atoms with Gasteiger partial charge in [-0.1, -0.05) is 127 Å². The van der Waals surface area contributed by atoms with Gasteiger partial charge in [-0.05, 0) is 98.4 Å². The summed E-state index contributed by atoms with van der Waals surface area (Å²) in [7, 11) is 0. The molecule has 0 aliphatic rings. The Balaban J connectivity index is 1.17. The van der Waals surface area contributed by atoms with E-state index in [1.54, 1.807) is 0 Å². The predicted octanol–water partition coefficient (Wildman–Crippen LogP) is 13.0. The van der Waals surface area contributed by atoms with Crippen LogP contribution in [0.25, 0.3) is 111 Å². The summed E-state index contributed by atoms with van der Waals surface area (Å²) in [6.07, 6.45) is 0. The summed E-state index contributed by atoms with van der Waals surface area (Å²) >= 11 is 0. The molecular weight excluding hydrogens is 673 g/mol. The van der Waals surface area contributed by atoms with E-state index < -0.39 is 0 Å². The van der Waals surface area contributed by atoms with Gasteiger partial charge in [0.15, 0.2) is 23.1 Å². The van der Waals surface area contributed by atoms with Crippen molar-refractivity contribution in [1.29, 1.82) is 0 Å². The van der Waals surface area contributed by atoms with Crippen LogP contribution >= 0.6 is 0 Å². The monoisotopic (exact) mass is 702 g/mol. The third-order valence-electron chi connectivity index (χ3n) is 10.4. The molecule has 0 radical (unpaired) electrons. The molecule has 55 heavy (non-hydrogen) atoms. The van der Waals surface area contributed by atoms with Gasteiger partial charge in [-0.25, -0.2) is 19.9 Å². The van der Waals surface area contributed by atoms with Gasteiger partial charge in [0.1, 0.15) is 11.1 Å². The number of nitrogens with zero attached hydrogens (tertiary/aromatic N) is 4. The highest BCUT2D eigenvalue weighted by atomic mass is 16.3. The molecule has 0 aliphatic carbocycles. The molecule has 0 unspecified atom stereocenters. The zero-order chi connectivity index (χ0) is 36.3. The highest BCUT2D eigenvalue weighted by molar-refractivity contribution is 6.14. The van der Waals surface area contributed by atoms with E-state index >= 15 is 0 Å². The fraction of sp³-hybridized carbons (Fsp3) is 0. The average Bonchev–Trinajstić information content (AvgIpc) is 3.62. The highest BCUT2D eigenvalue weighted by Crippen LogP contribution is 2.40. The Hall–Kier alpha value is -7.50. The van der Waals surface area contributed by atoms with E-state index in [9.17, 15) is 0 Å². The molecule has 0 saturated heterocycles. The minimum absolute atomic E-state index is 0.604. The number of benzene rings is 8. The summed E-state index contributed by atoms with van der Waals surface area (Å²) in [5.41, 5.74) is 10.5. The van der Waals surface area contributed by atoms with Crippen LogP contribution in [0.1, 0.15) is 0 Å². The van der Waals surface area contributed by atoms with Crippen LogP contribution in [-0.4, -0.2) is 19.9 Å². The van der Waals surface area contributed by atoms with Gasteiger partial charge in [-0.2, -0.15) is 0 Å². The second-order valence-electron chi connectivity index (χ2n) is 13.9. The van der Waals surface area contributed by atoms with Gasteiger partial charge in [0, 0.05) is 27.5 Å². The quantitative estimate of drug-likeness (QED) is 0.167. The minimum atomic E-state index is 0.604. The van der Waals surface area contributed by atoms with Crippen molar-refractivity contribution in [2.24, 2.45) is 0 Å². The Kier molecular flexibility index (Phi) is 7.10. The van der Waals surface area contributed by atoms with Gasteiger partial charge >= 0.3 is 0 Å². The van der Waals surface area contributed by atoms with E-state index in [4.69, 9.17) is 24.4 Å². The van der Waals surface area contributed by atoms with Gasteiger partial charge in [-0.15, -0.1) is 0 Å². The average molecular weight is 703 g/mol. The van der Waals surface area contributed by atoms with E-state index in [-0.39, 0.29) is 0 Å². The van der Waals surface area contributed by atoms with Crippen molar-refractivity contribution in [2.75, 3.05) is 0 Å². The van der Waals surface area contributed by atoms with Crippen molar-refractivity contribution >= 4 is 54.5 Å². The number of hydrogen-bond acceptors (Lipinski definition) is 5. The number of aromatic nitrogens is 4. The molecule has 11 aromatic rings. The lowest BCUT2D eigenvalue weighted by Gasteiger charge is -2.15. The van der Waals surface area contributed by atoms with E-state index in [0.717, 1.165) is 71.9 Å². The Morgan fingerprint density at radius 3 is 1.64 bits per heavy atom. The largest absolute Gasteiger partial charge is 0.454 e. The van der Waals surface area contributed by atoms with Crippen LogP contribution in [0.3, 0.4) is 0 Å². The lowest BCUT2D eigenvalue weighted by molar-refractivity contribution is 0.669. The second-order valence-corrected chi connectivity index (χ2v) is 13.9. The van der Waals surface area contributed by atoms with Gasteiger partial charge in [0.2, 0.25) is 0 Å². The van der Waals surface area contributed by atoms with Crippen LogP contribution < -0.4 is 0 Å². The van der Waals surface area contributed by atoms with Crippen LogP contribution in [0.5, 0.6) is 0 Å². The standard InChI is InChI=1S/C50H30N4O/c1-3-13-31(14-4-1)48-52-49(32-15-5-2-6-16-32)54-50(53-48)38-27-35(26-36(28-38)43-29-34-17-7-8-18-39(34)40-19-9-10-20-41(40)43)33-23-24-44-37(25-33)30-46-47(51-44)42-21-11-12-22-45(42)55-46/h1-30H. The molecule has 0 aliphatic heterocycles. The predicted molar refractivity (Wildman–Crippen MR) is 225 cm³/mol. The fourth-order valence-corrected chi connectivity index (χ4v) is 7.79. The number of pyridine rings is 1. The van der Waals surface area contributed by atoms with Crippen LogP contribution in [0.2, 0.25) is 0 Å². The second kappa shape index (κ2) is 12.6. The zero-order valence-electron chi connectivity index (χ0n) is 29.5. The molecule has 0 N–H and O–H groups in total. The third-order valence-corrected chi connectivity index (χ3v) is 10.4. The van der Waals surface area contributed by atoms with Crippen LogP contribution in [0.15, 0.2) is 186 Å². The number of rotatable bonds is 5. The number of furan rings is 1. The van der Waals surface area contributed by atoms with Crippen molar-refractivity contribution in [2.45, 2.75) is 0 Å².